The topological polar surface area (TPSA) is 111 Å². The standard InChI is InChI=1S/C24H37N3O4Si/c1-17(2)20(27-23(30)31-16-18-12-9-8-10-13-18)22(29)26-19(21(25)28)14-11-15-32(6,7)24(3,4)5/h8-10,12-13,17,19-20H,14,16H2,1-7H3,(H2,25,28)(H,26,29)(H,27,30)/t19-,20-/m1/s1. The van der Waals surface area contributed by atoms with Crippen LogP contribution in [0.3, 0.4) is 0 Å². The van der Waals surface area contributed by atoms with Crippen LogP contribution in [-0.4, -0.2) is 38.1 Å². The Kier molecular flexibility index (Phi) is 9.98. The van der Waals surface area contributed by atoms with Gasteiger partial charge in [0.15, 0.2) is 0 Å². The molecule has 0 unspecified atom stereocenters. The van der Waals surface area contributed by atoms with E-state index in [2.05, 4.69) is 56.0 Å². The van der Waals surface area contributed by atoms with Crippen LogP contribution >= 0.6 is 0 Å². The molecule has 0 saturated heterocycles. The summed E-state index contributed by atoms with van der Waals surface area (Å²) in [5, 5.41) is 5.29. The van der Waals surface area contributed by atoms with Gasteiger partial charge in [0.1, 0.15) is 26.8 Å². The lowest BCUT2D eigenvalue weighted by atomic mass is 10.0. The zero-order valence-corrected chi connectivity index (χ0v) is 21.2. The van der Waals surface area contributed by atoms with Crippen LogP contribution in [0.1, 0.15) is 46.6 Å². The van der Waals surface area contributed by atoms with Crippen molar-refractivity contribution in [2.45, 2.75) is 77.9 Å². The van der Waals surface area contributed by atoms with Crippen molar-refractivity contribution in [1.82, 2.24) is 10.6 Å². The van der Waals surface area contributed by atoms with Crippen molar-refractivity contribution in [3.8, 4) is 11.5 Å². The zero-order chi connectivity index (χ0) is 24.5. The second-order valence-electron chi connectivity index (χ2n) is 9.77. The number of hydrogen-bond acceptors (Lipinski definition) is 4. The number of rotatable bonds is 8. The predicted octanol–water partition coefficient (Wildman–Crippen LogP) is 3.35. The molecule has 7 nitrogen and oxygen atoms in total. The molecular formula is C24H37N3O4Si. The van der Waals surface area contributed by atoms with Gasteiger partial charge < -0.3 is 21.1 Å². The van der Waals surface area contributed by atoms with Gasteiger partial charge in [0.05, 0.1) is 0 Å². The molecule has 1 aromatic carbocycles. The molecule has 0 heterocycles. The Bertz CT molecular complexity index is 851. The number of carbonyl (C=O) groups is 3. The molecule has 1 aromatic rings. The van der Waals surface area contributed by atoms with E-state index >= 15 is 0 Å². The first-order valence-electron chi connectivity index (χ1n) is 10.8. The van der Waals surface area contributed by atoms with E-state index in [4.69, 9.17) is 10.5 Å². The molecule has 0 aliphatic rings. The number of alkyl carbamates (subject to hydrolysis) is 1. The quantitative estimate of drug-likeness (QED) is 0.409. The average molecular weight is 460 g/mol. The van der Waals surface area contributed by atoms with E-state index in [-0.39, 0.29) is 24.0 Å². The summed E-state index contributed by atoms with van der Waals surface area (Å²) in [5.41, 5.74) is 9.64. The summed E-state index contributed by atoms with van der Waals surface area (Å²) in [4.78, 5) is 36.9. The van der Waals surface area contributed by atoms with Crippen molar-refractivity contribution >= 4 is 26.0 Å². The fourth-order valence-electron chi connectivity index (χ4n) is 2.47. The maximum Gasteiger partial charge on any atom is 0.408 e. The lowest BCUT2D eigenvalue weighted by Crippen LogP contribution is -2.54. The molecule has 176 valence electrons. The highest BCUT2D eigenvalue weighted by molar-refractivity contribution is 6.87. The summed E-state index contributed by atoms with van der Waals surface area (Å²) in [6.07, 6.45) is -0.590. The molecule has 1 rings (SSSR count). The number of amides is 3. The highest BCUT2D eigenvalue weighted by atomic mass is 28.3. The van der Waals surface area contributed by atoms with Gasteiger partial charge in [0.2, 0.25) is 11.8 Å². The van der Waals surface area contributed by atoms with Crippen LogP contribution in [0.25, 0.3) is 0 Å². The largest absolute Gasteiger partial charge is 0.445 e. The van der Waals surface area contributed by atoms with E-state index in [1.807, 2.05) is 30.3 Å². The normalized spacial score (nSPS) is 13.4. The molecular weight excluding hydrogens is 422 g/mol. The highest BCUT2D eigenvalue weighted by Crippen LogP contribution is 2.35. The van der Waals surface area contributed by atoms with E-state index in [1.165, 1.54) is 0 Å². The van der Waals surface area contributed by atoms with E-state index in [9.17, 15) is 14.4 Å². The monoisotopic (exact) mass is 459 g/mol. The van der Waals surface area contributed by atoms with E-state index in [0.717, 1.165) is 5.56 Å². The Balaban J connectivity index is 2.77. The summed E-state index contributed by atoms with van der Waals surface area (Å²) in [5.74, 6) is 1.65. The lowest BCUT2D eigenvalue weighted by molar-refractivity contribution is -0.129. The van der Waals surface area contributed by atoms with Gasteiger partial charge in [-0.2, -0.15) is 0 Å². The first kappa shape index (κ1) is 27.2. The van der Waals surface area contributed by atoms with E-state index in [1.54, 1.807) is 13.8 Å². The molecule has 8 heteroatoms. The van der Waals surface area contributed by atoms with Crippen LogP contribution in [0.15, 0.2) is 30.3 Å². The SMILES string of the molecule is CC(C)[C@@H](NC(=O)OCc1ccccc1)C(=O)N[C@H](CC#C[Si](C)(C)C(C)(C)C)C(N)=O. The van der Waals surface area contributed by atoms with E-state index in [0.29, 0.717) is 0 Å². The van der Waals surface area contributed by atoms with Crippen LogP contribution in [0.2, 0.25) is 18.1 Å². The molecule has 3 amide bonds. The van der Waals surface area contributed by atoms with Crippen LogP contribution < -0.4 is 16.4 Å². The summed E-state index contributed by atoms with van der Waals surface area (Å²) in [6, 6.07) is 7.41. The van der Waals surface area contributed by atoms with Gasteiger partial charge in [-0.15, -0.1) is 11.5 Å². The molecule has 32 heavy (non-hydrogen) atoms. The third-order valence-corrected chi connectivity index (χ3v) is 10.2. The summed E-state index contributed by atoms with van der Waals surface area (Å²) in [6.45, 7) is 14.4. The van der Waals surface area contributed by atoms with Crippen molar-refractivity contribution in [3.63, 3.8) is 0 Å². The second kappa shape index (κ2) is 11.7. The Morgan fingerprint density at radius 1 is 1.09 bits per heavy atom. The predicted molar refractivity (Wildman–Crippen MR) is 129 cm³/mol. The number of primary amides is 1. The maximum atomic E-state index is 12.8. The first-order valence-corrected chi connectivity index (χ1v) is 13.8. The molecule has 0 bridgehead atoms. The van der Waals surface area contributed by atoms with Gasteiger partial charge in [0.25, 0.3) is 0 Å². The van der Waals surface area contributed by atoms with Crippen LogP contribution in [0.4, 0.5) is 4.79 Å². The van der Waals surface area contributed by atoms with Gasteiger partial charge in [-0.25, -0.2) is 4.79 Å². The minimum Gasteiger partial charge on any atom is -0.445 e. The molecule has 0 saturated carbocycles. The number of benzene rings is 1. The van der Waals surface area contributed by atoms with Crippen LogP contribution in [0.5, 0.6) is 0 Å². The third-order valence-electron chi connectivity index (χ3n) is 5.68. The minimum absolute atomic E-state index is 0.0816. The van der Waals surface area contributed by atoms with Crippen molar-refractivity contribution < 1.29 is 19.1 Å². The number of carbonyl (C=O) groups excluding carboxylic acids is 3. The Labute approximate surface area is 192 Å². The lowest BCUT2D eigenvalue weighted by Gasteiger charge is -2.31. The van der Waals surface area contributed by atoms with Gasteiger partial charge in [0, 0.05) is 6.42 Å². The molecule has 0 aromatic heterocycles. The smallest absolute Gasteiger partial charge is 0.408 e. The summed E-state index contributed by atoms with van der Waals surface area (Å²) in [7, 11) is -1.84. The van der Waals surface area contributed by atoms with Crippen molar-refractivity contribution in [1.29, 1.82) is 0 Å². The number of hydrogen-bond donors (Lipinski definition) is 3. The van der Waals surface area contributed by atoms with Gasteiger partial charge in [-0.05, 0) is 16.5 Å². The molecule has 0 spiro atoms. The molecule has 0 fully saturated rings. The first-order chi connectivity index (χ1) is 14.7. The van der Waals surface area contributed by atoms with Crippen molar-refractivity contribution in [2.24, 2.45) is 11.7 Å². The van der Waals surface area contributed by atoms with Crippen molar-refractivity contribution in [3.05, 3.63) is 35.9 Å². The summed E-state index contributed by atoms with van der Waals surface area (Å²) >= 11 is 0. The summed E-state index contributed by atoms with van der Waals surface area (Å²) < 4.78 is 5.21. The minimum atomic E-state index is -1.84. The maximum absolute atomic E-state index is 12.8. The average Bonchev–Trinajstić information content (AvgIpc) is 2.69. The number of ether oxygens (including phenoxy) is 1. The molecule has 0 radical (unpaired) electrons. The van der Waals surface area contributed by atoms with Gasteiger partial charge in [-0.3, -0.25) is 9.59 Å². The van der Waals surface area contributed by atoms with Crippen LogP contribution in [0, 0.1) is 17.4 Å². The molecule has 2 atom stereocenters. The van der Waals surface area contributed by atoms with Gasteiger partial charge in [-0.1, -0.05) is 78.0 Å². The third kappa shape index (κ3) is 8.75. The number of nitrogens with one attached hydrogen (secondary N) is 2. The number of nitrogens with two attached hydrogens (primary N) is 1. The second-order valence-corrected chi connectivity index (χ2v) is 14.8. The zero-order valence-electron chi connectivity index (χ0n) is 20.2. The Morgan fingerprint density at radius 3 is 2.19 bits per heavy atom. The molecule has 0 aliphatic carbocycles. The van der Waals surface area contributed by atoms with Gasteiger partial charge >= 0.3 is 6.09 Å². The van der Waals surface area contributed by atoms with E-state index < -0.39 is 38.1 Å². The molecule has 0 aliphatic heterocycles. The Morgan fingerprint density at radius 2 is 1.69 bits per heavy atom. The fraction of sp³-hybridized carbons (Fsp3) is 0.542. The van der Waals surface area contributed by atoms with Crippen molar-refractivity contribution in [2.75, 3.05) is 0 Å². The highest BCUT2D eigenvalue weighted by Gasteiger charge is 2.34. The van der Waals surface area contributed by atoms with Crippen LogP contribution in [-0.2, 0) is 20.9 Å². The Hall–Kier alpha value is -2.79. The fourth-order valence-corrected chi connectivity index (χ4v) is 3.39. The molecule has 4 N–H and O–H groups in total.